The highest BCUT2D eigenvalue weighted by Gasteiger charge is 2.22. The second-order valence-electron chi connectivity index (χ2n) is 7.22. The van der Waals surface area contributed by atoms with Gasteiger partial charge < -0.3 is 25.4 Å². The Balaban J connectivity index is 0.00000320. The van der Waals surface area contributed by atoms with Crippen molar-refractivity contribution in [2.24, 2.45) is 4.99 Å². The predicted molar refractivity (Wildman–Crippen MR) is 134 cm³/mol. The number of benzene rings is 2. The molecule has 6 nitrogen and oxygen atoms in total. The van der Waals surface area contributed by atoms with Crippen LogP contribution in [0.25, 0.3) is 0 Å². The summed E-state index contributed by atoms with van der Waals surface area (Å²) < 4.78 is 5.54. The van der Waals surface area contributed by atoms with E-state index in [0.29, 0.717) is 12.6 Å². The van der Waals surface area contributed by atoms with Crippen molar-refractivity contribution in [3.05, 3.63) is 59.7 Å². The van der Waals surface area contributed by atoms with E-state index >= 15 is 0 Å². The van der Waals surface area contributed by atoms with Gasteiger partial charge in [-0.3, -0.25) is 0 Å². The number of para-hydroxylation sites is 2. The van der Waals surface area contributed by atoms with Gasteiger partial charge in [0.05, 0.1) is 25.9 Å². The van der Waals surface area contributed by atoms with Gasteiger partial charge in [-0.25, -0.2) is 4.99 Å². The lowest BCUT2D eigenvalue weighted by Crippen LogP contribution is -2.51. The number of piperidine rings is 1. The molecule has 0 bridgehead atoms. The fraction of sp³-hybridized carbons (Fsp3) is 0.435. The number of nitrogens with one attached hydrogen (secondary N) is 2. The van der Waals surface area contributed by atoms with E-state index in [1.807, 2.05) is 36.4 Å². The van der Waals surface area contributed by atoms with E-state index in [4.69, 9.17) is 9.73 Å². The van der Waals surface area contributed by atoms with Gasteiger partial charge in [0.15, 0.2) is 5.96 Å². The molecule has 1 unspecified atom stereocenters. The zero-order valence-corrected chi connectivity index (χ0v) is 20.1. The van der Waals surface area contributed by atoms with Crippen LogP contribution in [0.5, 0.6) is 5.75 Å². The predicted octanol–water partition coefficient (Wildman–Crippen LogP) is 3.53. The number of hydrogen-bond donors (Lipinski definition) is 3. The van der Waals surface area contributed by atoms with Gasteiger partial charge in [-0.1, -0.05) is 36.4 Å². The van der Waals surface area contributed by atoms with Gasteiger partial charge >= 0.3 is 0 Å². The molecule has 0 radical (unpaired) electrons. The standard InChI is InChI=1S/C23H32N4O2.HI/c1-3-24-23(25-15-18-9-4-5-10-19(18)17-28)26-20-11-8-14-27(16-20)21-12-6-7-13-22(21)29-2;/h4-7,9-10,12-13,20,28H,3,8,11,14-17H2,1-2H3,(H2,24,25,26);1H. The summed E-state index contributed by atoms with van der Waals surface area (Å²) in [5, 5.41) is 16.5. The van der Waals surface area contributed by atoms with Crippen LogP contribution in [0.2, 0.25) is 0 Å². The summed E-state index contributed by atoms with van der Waals surface area (Å²) in [7, 11) is 1.72. The number of halogens is 1. The van der Waals surface area contributed by atoms with E-state index in [-0.39, 0.29) is 30.6 Å². The fourth-order valence-corrected chi connectivity index (χ4v) is 3.75. The maximum atomic E-state index is 9.53. The molecule has 3 rings (SSSR count). The normalized spacial score (nSPS) is 16.6. The van der Waals surface area contributed by atoms with E-state index in [1.54, 1.807) is 7.11 Å². The Kier molecular flexibility index (Phi) is 10.2. The van der Waals surface area contributed by atoms with Crippen molar-refractivity contribution < 1.29 is 9.84 Å². The molecule has 1 heterocycles. The van der Waals surface area contributed by atoms with Crippen molar-refractivity contribution in [2.75, 3.05) is 31.6 Å². The van der Waals surface area contributed by atoms with E-state index in [9.17, 15) is 5.11 Å². The van der Waals surface area contributed by atoms with E-state index < -0.39 is 0 Å². The summed E-state index contributed by atoms with van der Waals surface area (Å²) >= 11 is 0. The van der Waals surface area contributed by atoms with Crippen LogP contribution in [0, 0.1) is 0 Å². The van der Waals surface area contributed by atoms with Crippen LogP contribution < -0.4 is 20.3 Å². The van der Waals surface area contributed by atoms with Crippen molar-refractivity contribution in [1.82, 2.24) is 10.6 Å². The summed E-state index contributed by atoms with van der Waals surface area (Å²) in [5.74, 6) is 1.72. The molecule has 0 aromatic heterocycles. The first-order chi connectivity index (χ1) is 14.2. The lowest BCUT2D eigenvalue weighted by atomic mass is 10.0. The second-order valence-corrected chi connectivity index (χ2v) is 7.22. The molecule has 1 aliphatic rings. The van der Waals surface area contributed by atoms with Crippen molar-refractivity contribution in [3.8, 4) is 5.75 Å². The van der Waals surface area contributed by atoms with Gasteiger partial charge in [0.25, 0.3) is 0 Å². The van der Waals surface area contributed by atoms with Crippen LogP contribution in [0.3, 0.4) is 0 Å². The summed E-state index contributed by atoms with van der Waals surface area (Å²) in [6.07, 6.45) is 2.21. The Bertz CT molecular complexity index is 815. The Morgan fingerprint density at radius 3 is 2.63 bits per heavy atom. The van der Waals surface area contributed by atoms with Crippen molar-refractivity contribution >= 4 is 35.6 Å². The molecule has 2 aromatic rings. The lowest BCUT2D eigenvalue weighted by Gasteiger charge is -2.36. The highest BCUT2D eigenvalue weighted by Crippen LogP contribution is 2.29. The molecule has 1 atom stereocenters. The lowest BCUT2D eigenvalue weighted by molar-refractivity contribution is 0.280. The van der Waals surface area contributed by atoms with Gasteiger partial charge in [0.1, 0.15) is 5.75 Å². The van der Waals surface area contributed by atoms with Gasteiger partial charge in [0.2, 0.25) is 0 Å². The van der Waals surface area contributed by atoms with Gasteiger partial charge in [0, 0.05) is 25.7 Å². The number of anilines is 1. The quantitative estimate of drug-likeness (QED) is 0.294. The molecule has 1 aliphatic heterocycles. The van der Waals surface area contributed by atoms with Gasteiger partial charge in [-0.2, -0.15) is 0 Å². The molecule has 0 aliphatic carbocycles. The molecule has 0 saturated carbocycles. The van der Waals surface area contributed by atoms with Crippen LogP contribution in [0.4, 0.5) is 5.69 Å². The highest BCUT2D eigenvalue weighted by atomic mass is 127. The third kappa shape index (κ3) is 6.50. The van der Waals surface area contributed by atoms with Crippen molar-refractivity contribution in [3.63, 3.8) is 0 Å². The molecule has 0 spiro atoms. The topological polar surface area (TPSA) is 69.1 Å². The summed E-state index contributed by atoms with van der Waals surface area (Å²) in [6, 6.07) is 16.4. The number of hydrogen-bond acceptors (Lipinski definition) is 4. The molecule has 1 saturated heterocycles. The third-order valence-electron chi connectivity index (χ3n) is 5.23. The first-order valence-corrected chi connectivity index (χ1v) is 10.4. The van der Waals surface area contributed by atoms with Crippen molar-refractivity contribution in [1.29, 1.82) is 0 Å². The molecular weight excluding hydrogens is 491 g/mol. The molecule has 2 aromatic carbocycles. The molecule has 164 valence electrons. The number of methoxy groups -OCH3 is 1. The molecule has 7 heteroatoms. The fourth-order valence-electron chi connectivity index (χ4n) is 3.75. The maximum absolute atomic E-state index is 9.53. The molecular formula is C23H33IN4O2. The Morgan fingerprint density at radius 1 is 1.17 bits per heavy atom. The Labute approximate surface area is 196 Å². The van der Waals surface area contributed by atoms with E-state index in [0.717, 1.165) is 61.0 Å². The van der Waals surface area contributed by atoms with Gasteiger partial charge in [-0.05, 0) is 43.0 Å². The zero-order valence-electron chi connectivity index (χ0n) is 17.8. The van der Waals surface area contributed by atoms with Gasteiger partial charge in [-0.15, -0.1) is 24.0 Å². The maximum Gasteiger partial charge on any atom is 0.191 e. The summed E-state index contributed by atoms with van der Waals surface area (Å²) in [5.41, 5.74) is 3.11. The number of rotatable bonds is 7. The number of aliphatic hydroxyl groups is 1. The third-order valence-corrected chi connectivity index (χ3v) is 5.23. The monoisotopic (exact) mass is 524 g/mol. The number of ether oxygens (including phenoxy) is 1. The van der Waals surface area contributed by atoms with Crippen LogP contribution in [-0.4, -0.2) is 43.9 Å². The molecule has 3 N–H and O–H groups in total. The average Bonchev–Trinajstić information content (AvgIpc) is 2.78. The molecule has 1 fully saturated rings. The minimum atomic E-state index is 0. The average molecular weight is 524 g/mol. The first kappa shape index (κ1) is 24.3. The SMILES string of the molecule is CCNC(=NCc1ccccc1CO)NC1CCCN(c2ccccc2OC)C1.I. The number of aliphatic imine (C=N–C) groups is 1. The Morgan fingerprint density at radius 2 is 1.90 bits per heavy atom. The minimum Gasteiger partial charge on any atom is -0.495 e. The number of guanidine groups is 1. The van der Waals surface area contributed by atoms with E-state index in [1.165, 1.54) is 0 Å². The Hall–Kier alpha value is -2.00. The first-order valence-electron chi connectivity index (χ1n) is 10.4. The minimum absolute atomic E-state index is 0. The molecule has 0 amide bonds. The molecule has 30 heavy (non-hydrogen) atoms. The summed E-state index contributed by atoms with van der Waals surface area (Å²) in [4.78, 5) is 7.14. The van der Waals surface area contributed by atoms with Crippen LogP contribution in [-0.2, 0) is 13.2 Å². The van der Waals surface area contributed by atoms with Crippen molar-refractivity contribution in [2.45, 2.75) is 39.0 Å². The number of aliphatic hydroxyl groups excluding tert-OH is 1. The zero-order chi connectivity index (χ0) is 20.5. The smallest absolute Gasteiger partial charge is 0.191 e. The van der Waals surface area contributed by atoms with Crippen LogP contribution >= 0.6 is 24.0 Å². The summed E-state index contributed by atoms with van der Waals surface area (Å²) in [6.45, 7) is 5.37. The van der Waals surface area contributed by atoms with E-state index in [2.05, 4.69) is 34.6 Å². The highest BCUT2D eigenvalue weighted by molar-refractivity contribution is 14.0. The number of nitrogens with zero attached hydrogens (tertiary/aromatic N) is 2. The van der Waals surface area contributed by atoms with Crippen LogP contribution in [0.15, 0.2) is 53.5 Å². The van der Waals surface area contributed by atoms with Crippen LogP contribution in [0.1, 0.15) is 30.9 Å². The second kappa shape index (κ2) is 12.6. The largest absolute Gasteiger partial charge is 0.495 e.